The van der Waals surface area contributed by atoms with Gasteiger partial charge in [-0.3, -0.25) is 0 Å². The molecule has 8 heteroatoms. The molecule has 2 N–H and O–H groups in total. The van der Waals surface area contributed by atoms with Gasteiger partial charge in [0.2, 0.25) is 0 Å². The van der Waals surface area contributed by atoms with Crippen LogP contribution in [0.4, 0.5) is 8.78 Å². The fourth-order valence-electron chi connectivity index (χ4n) is 2.17. The summed E-state index contributed by atoms with van der Waals surface area (Å²) >= 11 is 0. The number of aromatic nitrogens is 3. The average Bonchev–Trinajstić information content (AvgIpc) is 2.91. The molecule has 2 aromatic heterocycles. The lowest BCUT2D eigenvalue weighted by atomic mass is 10.1. The molecule has 112 valence electrons. The Labute approximate surface area is 122 Å². The minimum absolute atomic E-state index is 0.00535. The quantitative estimate of drug-likeness (QED) is 0.773. The lowest BCUT2D eigenvalue weighted by Crippen LogP contribution is -2.02. The number of benzene rings is 1. The van der Waals surface area contributed by atoms with Crippen molar-refractivity contribution in [2.75, 3.05) is 0 Å². The SMILES string of the molecule is O=C(O)c1c[nH]c2ncnc(-c3cccc(OC(F)F)c3)c12. The Morgan fingerprint density at radius 1 is 1.32 bits per heavy atom. The third-order valence-corrected chi connectivity index (χ3v) is 3.03. The number of rotatable bonds is 4. The predicted octanol–water partition coefficient (Wildman–Crippen LogP) is 2.92. The van der Waals surface area contributed by atoms with Gasteiger partial charge in [-0.25, -0.2) is 14.8 Å². The number of nitrogens with one attached hydrogen (secondary N) is 1. The first-order chi connectivity index (χ1) is 10.6. The van der Waals surface area contributed by atoms with Crippen molar-refractivity contribution in [1.29, 1.82) is 0 Å². The van der Waals surface area contributed by atoms with Gasteiger partial charge in [0.15, 0.2) is 0 Å². The maximum absolute atomic E-state index is 12.3. The summed E-state index contributed by atoms with van der Waals surface area (Å²) in [7, 11) is 0. The lowest BCUT2D eigenvalue weighted by molar-refractivity contribution is -0.0498. The van der Waals surface area contributed by atoms with Crippen LogP contribution in [0.15, 0.2) is 36.8 Å². The number of hydrogen-bond acceptors (Lipinski definition) is 4. The van der Waals surface area contributed by atoms with E-state index in [1.54, 1.807) is 6.07 Å². The second-order valence-electron chi connectivity index (χ2n) is 4.36. The molecule has 3 aromatic rings. The van der Waals surface area contributed by atoms with Crippen molar-refractivity contribution < 1.29 is 23.4 Å². The van der Waals surface area contributed by atoms with E-state index in [0.717, 1.165) is 0 Å². The van der Waals surface area contributed by atoms with Gasteiger partial charge in [-0.15, -0.1) is 0 Å². The number of aromatic amines is 1. The zero-order valence-electron chi connectivity index (χ0n) is 11.0. The molecule has 3 rings (SSSR count). The fraction of sp³-hybridized carbons (Fsp3) is 0.0714. The number of carboxylic acid groups (broad SMARTS) is 1. The van der Waals surface area contributed by atoms with Crippen molar-refractivity contribution in [2.24, 2.45) is 0 Å². The van der Waals surface area contributed by atoms with Crippen LogP contribution in [-0.2, 0) is 0 Å². The van der Waals surface area contributed by atoms with Crippen LogP contribution in [0.3, 0.4) is 0 Å². The molecule has 0 aliphatic heterocycles. The number of ether oxygens (including phenoxy) is 1. The van der Waals surface area contributed by atoms with E-state index in [1.807, 2.05) is 0 Å². The zero-order valence-corrected chi connectivity index (χ0v) is 11.0. The van der Waals surface area contributed by atoms with Crippen LogP contribution in [0, 0.1) is 0 Å². The van der Waals surface area contributed by atoms with Crippen LogP contribution in [0.2, 0.25) is 0 Å². The number of carboxylic acids is 1. The first kappa shape index (κ1) is 13.9. The highest BCUT2D eigenvalue weighted by molar-refractivity contribution is 6.07. The van der Waals surface area contributed by atoms with Gasteiger partial charge < -0.3 is 14.8 Å². The average molecular weight is 305 g/mol. The standard InChI is InChI=1S/C14H9F2N3O3/c15-14(16)22-8-3-1-2-7(4-8)11-10-9(13(20)21)5-17-12(10)19-6-18-11/h1-6,14H,(H,20,21)(H,17,18,19). The summed E-state index contributed by atoms with van der Waals surface area (Å²) in [5.74, 6) is -1.17. The number of hydrogen-bond donors (Lipinski definition) is 2. The molecular formula is C14H9F2N3O3. The number of alkyl halides is 2. The molecule has 1 aromatic carbocycles. The summed E-state index contributed by atoms with van der Waals surface area (Å²) in [6, 6.07) is 5.89. The molecule has 2 heterocycles. The number of nitrogens with zero attached hydrogens (tertiary/aromatic N) is 2. The van der Waals surface area contributed by atoms with Gasteiger partial charge in [0.1, 0.15) is 17.7 Å². The van der Waals surface area contributed by atoms with Crippen LogP contribution in [0.1, 0.15) is 10.4 Å². The Balaban J connectivity index is 2.18. The van der Waals surface area contributed by atoms with Crippen molar-refractivity contribution >= 4 is 17.0 Å². The van der Waals surface area contributed by atoms with Gasteiger partial charge in [-0.1, -0.05) is 12.1 Å². The molecule has 0 fully saturated rings. The molecule has 0 radical (unpaired) electrons. The molecule has 0 saturated carbocycles. The summed E-state index contributed by atoms with van der Waals surface area (Å²) in [5, 5.41) is 9.53. The molecule has 0 amide bonds. The van der Waals surface area contributed by atoms with E-state index in [2.05, 4.69) is 19.7 Å². The summed E-state index contributed by atoms with van der Waals surface area (Å²) in [6.07, 6.45) is 2.57. The second-order valence-corrected chi connectivity index (χ2v) is 4.36. The minimum Gasteiger partial charge on any atom is -0.478 e. The second kappa shape index (κ2) is 5.40. The predicted molar refractivity (Wildman–Crippen MR) is 72.9 cm³/mol. The molecule has 0 unspecified atom stereocenters. The number of fused-ring (bicyclic) bond motifs is 1. The Bertz CT molecular complexity index is 848. The minimum atomic E-state index is -2.94. The van der Waals surface area contributed by atoms with E-state index in [-0.39, 0.29) is 11.3 Å². The normalized spacial score (nSPS) is 11.0. The number of H-pyrrole nitrogens is 1. The van der Waals surface area contributed by atoms with Gasteiger partial charge in [-0.05, 0) is 12.1 Å². The molecule has 0 bridgehead atoms. The first-order valence-electron chi connectivity index (χ1n) is 6.17. The largest absolute Gasteiger partial charge is 0.478 e. The van der Waals surface area contributed by atoms with E-state index >= 15 is 0 Å². The fourth-order valence-corrected chi connectivity index (χ4v) is 2.17. The Morgan fingerprint density at radius 2 is 2.14 bits per heavy atom. The molecular weight excluding hydrogens is 296 g/mol. The monoisotopic (exact) mass is 305 g/mol. The van der Waals surface area contributed by atoms with Gasteiger partial charge >= 0.3 is 12.6 Å². The van der Waals surface area contributed by atoms with Crippen molar-refractivity contribution in [3.8, 4) is 17.0 Å². The highest BCUT2D eigenvalue weighted by Gasteiger charge is 2.17. The number of aromatic carboxylic acids is 1. The molecule has 0 aliphatic carbocycles. The zero-order chi connectivity index (χ0) is 15.7. The van der Waals surface area contributed by atoms with Gasteiger partial charge in [0, 0.05) is 11.8 Å². The summed E-state index contributed by atoms with van der Waals surface area (Å²) < 4.78 is 28.9. The summed E-state index contributed by atoms with van der Waals surface area (Å²) in [6.45, 7) is -2.94. The molecule has 0 saturated heterocycles. The van der Waals surface area contributed by atoms with Crippen LogP contribution in [0.5, 0.6) is 5.75 Å². The Morgan fingerprint density at radius 3 is 2.86 bits per heavy atom. The van der Waals surface area contributed by atoms with E-state index < -0.39 is 12.6 Å². The van der Waals surface area contributed by atoms with Crippen LogP contribution >= 0.6 is 0 Å². The van der Waals surface area contributed by atoms with Gasteiger partial charge in [0.05, 0.1) is 16.6 Å². The smallest absolute Gasteiger partial charge is 0.387 e. The number of halogens is 2. The van der Waals surface area contributed by atoms with Gasteiger partial charge in [0.25, 0.3) is 0 Å². The molecule has 6 nitrogen and oxygen atoms in total. The van der Waals surface area contributed by atoms with Crippen molar-refractivity contribution in [2.45, 2.75) is 6.61 Å². The third kappa shape index (κ3) is 2.46. The molecule has 0 spiro atoms. The van der Waals surface area contributed by atoms with Gasteiger partial charge in [-0.2, -0.15) is 8.78 Å². The van der Waals surface area contributed by atoms with Crippen molar-refractivity contribution in [3.05, 3.63) is 42.4 Å². The highest BCUT2D eigenvalue weighted by Crippen LogP contribution is 2.30. The topological polar surface area (TPSA) is 88.1 Å². The van der Waals surface area contributed by atoms with Crippen molar-refractivity contribution in [3.63, 3.8) is 0 Å². The van der Waals surface area contributed by atoms with Crippen LogP contribution in [-0.4, -0.2) is 32.6 Å². The summed E-state index contributed by atoms with van der Waals surface area (Å²) in [4.78, 5) is 22.1. The van der Waals surface area contributed by atoms with E-state index in [0.29, 0.717) is 22.3 Å². The van der Waals surface area contributed by atoms with E-state index in [4.69, 9.17) is 0 Å². The van der Waals surface area contributed by atoms with Crippen LogP contribution < -0.4 is 4.74 Å². The van der Waals surface area contributed by atoms with Crippen LogP contribution in [0.25, 0.3) is 22.3 Å². The van der Waals surface area contributed by atoms with E-state index in [1.165, 1.54) is 30.7 Å². The Hall–Kier alpha value is -3.03. The Kier molecular flexibility index (Phi) is 3.42. The third-order valence-electron chi connectivity index (χ3n) is 3.03. The van der Waals surface area contributed by atoms with E-state index in [9.17, 15) is 18.7 Å². The highest BCUT2D eigenvalue weighted by atomic mass is 19.3. The lowest BCUT2D eigenvalue weighted by Gasteiger charge is -2.07. The first-order valence-corrected chi connectivity index (χ1v) is 6.17. The maximum atomic E-state index is 12.3. The maximum Gasteiger partial charge on any atom is 0.387 e. The molecule has 0 atom stereocenters. The molecule has 22 heavy (non-hydrogen) atoms. The number of carbonyl (C=O) groups is 1. The molecule has 0 aliphatic rings. The summed E-state index contributed by atoms with van der Waals surface area (Å²) in [5.41, 5.74) is 1.13. The van der Waals surface area contributed by atoms with Crippen molar-refractivity contribution in [1.82, 2.24) is 15.0 Å².